The molecule has 0 aromatic heterocycles. The van der Waals surface area contributed by atoms with Crippen LogP contribution in [0.3, 0.4) is 0 Å². The zero-order valence-corrected chi connectivity index (χ0v) is 13.8. The molecule has 1 fully saturated rings. The van der Waals surface area contributed by atoms with Crippen LogP contribution in [0.4, 0.5) is 9.59 Å². The summed E-state index contributed by atoms with van der Waals surface area (Å²) in [6.07, 6.45) is 6.64. The Morgan fingerprint density at radius 3 is 2.48 bits per heavy atom. The van der Waals surface area contributed by atoms with Crippen LogP contribution < -0.4 is 0 Å². The van der Waals surface area contributed by atoms with Gasteiger partial charge in [0.2, 0.25) is 0 Å². The molecule has 5 nitrogen and oxygen atoms in total. The van der Waals surface area contributed by atoms with E-state index in [-0.39, 0.29) is 6.10 Å². The van der Waals surface area contributed by atoms with Gasteiger partial charge in [0.1, 0.15) is 11.7 Å². The summed E-state index contributed by atoms with van der Waals surface area (Å²) in [5, 5.41) is 0. The molecule has 0 spiro atoms. The highest BCUT2D eigenvalue weighted by Crippen LogP contribution is 2.20. The van der Waals surface area contributed by atoms with Crippen molar-refractivity contribution >= 4 is 12.2 Å². The van der Waals surface area contributed by atoms with Gasteiger partial charge in [-0.3, -0.25) is 0 Å². The van der Waals surface area contributed by atoms with Crippen LogP contribution in [0.2, 0.25) is 0 Å². The fraction of sp³-hybridized carbons (Fsp3) is 0.875. The largest absolute Gasteiger partial charge is 0.444 e. The lowest BCUT2D eigenvalue weighted by atomic mass is 10.1. The predicted octanol–water partition coefficient (Wildman–Crippen LogP) is 4.49. The number of hydrogen-bond donors (Lipinski definition) is 0. The van der Waals surface area contributed by atoms with E-state index in [0.29, 0.717) is 6.54 Å². The third-order valence-electron chi connectivity index (χ3n) is 3.37. The van der Waals surface area contributed by atoms with Crippen molar-refractivity contribution in [1.29, 1.82) is 0 Å². The molecule has 0 saturated carbocycles. The maximum atomic E-state index is 11.9. The summed E-state index contributed by atoms with van der Waals surface area (Å²) >= 11 is 0. The highest BCUT2D eigenvalue weighted by atomic mass is 16.6. The number of cyclic esters (lactones) is 1. The first-order chi connectivity index (χ1) is 9.83. The smallest absolute Gasteiger partial charge is 0.419 e. The lowest BCUT2D eigenvalue weighted by Crippen LogP contribution is -2.37. The highest BCUT2D eigenvalue weighted by molar-refractivity contribution is 5.89. The molecule has 122 valence electrons. The predicted molar refractivity (Wildman–Crippen MR) is 81.2 cm³/mol. The van der Waals surface area contributed by atoms with Crippen LogP contribution in [-0.2, 0) is 9.47 Å². The zero-order valence-electron chi connectivity index (χ0n) is 13.8. The molecule has 1 saturated heterocycles. The number of carbonyl (C=O) groups excluding carboxylic acids is 2. The van der Waals surface area contributed by atoms with Gasteiger partial charge in [-0.25, -0.2) is 14.5 Å². The van der Waals surface area contributed by atoms with Gasteiger partial charge in [-0.15, -0.1) is 0 Å². The monoisotopic (exact) mass is 299 g/mol. The highest BCUT2D eigenvalue weighted by Gasteiger charge is 2.37. The molecule has 1 atom stereocenters. The average Bonchev–Trinajstić information content (AvgIpc) is 2.73. The maximum absolute atomic E-state index is 11.9. The first-order valence-electron chi connectivity index (χ1n) is 8.04. The molecule has 1 aliphatic heterocycles. The minimum atomic E-state index is -0.613. The summed E-state index contributed by atoms with van der Waals surface area (Å²) in [7, 11) is 0. The second-order valence-electron chi connectivity index (χ2n) is 6.65. The normalized spacial score (nSPS) is 18.8. The summed E-state index contributed by atoms with van der Waals surface area (Å²) in [5.74, 6) is 0. The van der Waals surface area contributed by atoms with E-state index in [0.717, 1.165) is 24.2 Å². The maximum Gasteiger partial charge on any atom is 0.419 e. The molecule has 0 aliphatic carbocycles. The van der Waals surface area contributed by atoms with Crippen LogP contribution in [0.15, 0.2) is 0 Å². The molecular formula is C16H29NO4. The number of rotatable bonds is 7. The minimum Gasteiger partial charge on any atom is -0.444 e. The van der Waals surface area contributed by atoms with E-state index in [1.807, 2.05) is 0 Å². The van der Waals surface area contributed by atoms with Gasteiger partial charge in [0.15, 0.2) is 0 Å². The van der Waals surface area contributed by atoms with Gasteiger partial charge >= 0.3 is 12.2 Å². The number of nitrogens with zero attached hydrogens (tertiary/aromatic N) is 1. The Labute approximate surface area is 128 Å². The number of unbranched alkanes of at least 4 members (excludes halogenated alkanes) is 5. The summed E-state index contributed by atoms with van der Waals surface area (Å²) in [4.78, 5) is 24.6. The average molecular weight is 299 g/mol. The number of amides is 2. The van der Waals surface area contributed by atoms with Crippen LogP contribution in [0.1, 0.15) is 72.6 Å². The molecule has 0 radical (unpaired) electrons. The van der Waals surface area contributed by atoms with Crippen molar-refractivity contribution in [2.24, 2.45) is 0 Å². The molecule has 0 aromatic carbocycles. The van der Waals surface area contributed by atoms with E-state index >= 15 is 0 Å². The van der Waals surface area contributed by atoms with E-state index in [9.17, 15) is 9.59 Å². The number of ether oxygens (including phenoxy) is 2. The van der Waals surface area contributed by atoms with Crippen LogP contribution >= 0.6 is 0 Å². The van der Waals surface area contributed by atoms with Crippen molar-refractivity contribution in [3.05, 3.63) is 0 Å². The van der Waals surface area contributed by atoms with Gasteiger partial charge < -0.3 is 9.47 Å². The second-order valence-corrected chi connectivity index (χ2v) is 6.65. The Bertz CT molecular complexity index is 349. The fourth-order valence-electron chi connectivity index (χ4n) is 2.29. The molecule has 1 heterocycles. The fourth-order valence-corrected chi connectivity index (χ4v) is 2.29. The SMILES string of the molecule is CCCCCCCCC1CN(C(=O)OC(C)(C)C)C(=O)O1. The molecule has 2 amide bonds. The Balaban J connectivity index is 2.26. The van der Waals surface area contributed by atoms with Crippen LogP contribution in [0, 0.1) is 0 Å². The van der Waals surface area contributed by atoms with Crippen molar-refractivity contribution in [2.45, 2.75) is 84.3 Å². The van der Waals surface area contributed by atoms with Crippen LogP contribution in [0.25, 0.3) is 0 Å². The van der Waals surface area contributed by atoms with Crippen LogP contribution in [-0.4, -0.2) is 35.3 Å². The topological polar surface area (TPSA) is 55.8 Å². The van der Waals surface area contributed by atoms with Gasteiger partial charge in [-0.2, -0.15) is 0 Å². The minimum absolute atomic E-state index is 0.184. The molecular weight excluding hydrogens is 270 g/mol. The van der Waals surface area contributed by atoms with Crippen molar-refractivity contribution < 1.29 is 19.1 Å². The lowest BCUT2D eigenvalue weighted by molar-refractivity contribution is 0.0339. The quantitative estimate of drug-likeness (QED) is 0.650. The first kappa shape index (κ1) is 17.8. The van der Waals surface area contributed by atoms with Crippen molar-refractivity contribution in [1.82, 2.24) is 4.90 Å². The van der Waals surface area contributed by atoms with Gasteiger partial charge in [-0.05, 0) is 33.6 Å². The number of imide groups is 1. The Kier molecular flexibility index (Phi) is 6.99. The second kappa shape index (κ2) is 8.25. The van der Waals surface area contributed by atoms with Crippen molar-refractivity contribution in [3.63, 3.8) is 0 Å². The molecule has 0 N–H and O–H groups in total. The Morgan fingerprint density at radius 2 is 1.86 bits per heavy atom. The molecule has 5 heteroatoms. The Morgan fingerprint density at radius 1 is 1.24 bits per heavy atom. The Hall–Kier alpha value is -1.26. The summed E-state index contributed by atoms with van der Waals surface area (Å²) in [6.45, 7) is 7.84. The van der Waals surface area contributed by atoms with Gasteiger partial charge in [0.25, 0.3) is 0 Å². The van der Waals surface area contributed by atoms with E-state index in [1.165, 1.54) is 25.7 Å². The molecule has 1 aliphatic rings. The molecule has 0 aromatic rings. The zero-order chi connectivity index (χ0) is 15.9. The van der Waals surface area contributed by atoms with E-state index in [1.54, 1.807) is 20.8 Å². The van der Waals surface area contributed by atoms with E-state index in [2.05, 4.69) is 6.92 Å². The molecule has 1 rings (SSSR count). The standard InChI is InChI=1S/C16H29NO4/c1-5-6-7-8-9-10-11-13-12-17(14(18)20-13)15(19)21-16(2,3)4/h13H,5-12H2,1-4H3. The molecule has 0 bridgehead atoms. The first-order valence-corrected chi connectivity index (χ1v) is 8.04. The third-order valence-corrected chi connectivity index (χ3v) is 3.37. The summed E-state index contributed by atoms with van der Waals surface area (Å²) in [6, 6.07) is 0. The van der Waals surface area contributed by atoms with E-state index < -0.39 is 17.8 Å². The van der Waals surface area contributed by atoms with E-state index in [4.69, 9.17) is 9.47 Å². The summed E-state index contributed by atoms with van der Waals surface area (Å²) < 4.78 is 10.4. The van der Waals surface area contributed by atoms with Gasteiger partial charge in [0, 0.05) is 0 Å². The summed E-state index contributed by atoms with van der Waals surface area (Å²) in [5.41, 5.74) is -0.602. The molecule has 1 unspecified atom stereocenters. The van der Waals surface area contributed by atoms with Crippen molar-refractivity contribution in [3.8, 4) is 0 Å². The van der Waals surface area contributed by atoms with Gasteiger partial charge in [0.05, 0.1) is 6.54 Å². The van der Waals surface area contributed by atoms with Crippen LogP contribution in [0.5, 0.6) is 0 Å². The lowest BCUT2D eigenvalue weighted by Gasteiger charge is -2.22. The van der Waals surface area contributed by atoms with Gasteiger partial charge in [-0.1, -0.05) is 39.0 Å². The van der Waals surface area contributed by atoms with Crippen molar-refractivity contribution in [2.75, 3.05) is 6.54 Å². The third kappa shape index (κ3) is 6.82. The molecule has 21 heavy (non-hydrogen) atoms. The number of hydrogen-bond acceptors (Lipinski definition) is 4. The number of carbonyl (C=O) groups is 2.